The summed E-state index contributed by atoms with van der Waals surface area (Å²) in [5, 5.41) is 7.95. The van der Waals surface area contributed by atoms with Crippen molar-refractivity contribution in [2.75, 3.05) is 18.5 Å². The molecule has 2 aromatic rings. The van der Waals surface area contributed by atoms with Gasteiger partial charge in [-0.3, -0.25) is 5.43 Å². The van der Waals surface area contributed by atoms with Crippen LogP contribution in [0.25, 0.3) is 0 Å². The second-order valence-corrected chi connectivity index (χ2v) is 6.78. The van der Waals surface area contributed by atoms with Gasteiger partial charge in [0.25, 0.3) is 0 Å². The summed E-state index contributed by atoms with van der Waals surface area (Å²) in [6, 6.07) is 8.69. The summed E-state index contributed by atoms with van der Waals surface area (Å²) >= 11 is 3.42. The number of hydrogen-bond donors (Lipinski definition) is 2. The largest absolute Gasteiger partial charge is 0.316 e. The fourth-order valence-electron chi connectivity index (χ4n) is 2.76. The monoisotopic (exact) mass is 372 g/mol. The summed E-state index contributed by atoms with van der Waals surface area (Å²) in [4.78, 5) is 4.35. The molecule has 0 radical (unpaired) electrons. The molecule has 1 aromatic carbocycles. The molecule has 0 fully saturated rings. The van der Waals surface area contributed by atoms with Crippen LogP contribution in [0.2, 0.25) is 0 Å². The van der Waals surface area contributed by atoms with Crippen LogP contribution in [0.3, 0.4) is 0 Å². The van der Waals surface area contributed by atoms with Crippen molar-refractivity contribution in [3.8, 4) is 0 Å². The van der Waals surface area contributed by atoms with Gasteiger partial charge in [0.15, 0.2) is 0 Å². The highest BCUT2D eigenvalue weighted by atomic mass is 79.9. The lowest BCUT2D eigenvalue weighted by Gasteiger charge is -2.09. The van der Waals surface area contributed by atoms with Gasteiger partial charge in [-0.15, -0.1) is 0 Å². The molecule has 0 saturated heterocycles. The summed E-state index contributed by atoms with van der Waals surface area (Å²) in [5.74, 6) is 0.784. The first-order valence-corrected chi connectivity index (χ1v) is 8.68. The SMILES string of the molecule is C/C(=N\Nc1ncc(Br)cc1C)c1ccc2c(c1)CCNCC2. The molecular formula is C18H21BrN4. The van der Waals surface area contributed by atoms with Crippen LogP contribution in [0, 0.1) is 6.92 Å². The average Bonchev–Trinajstić information content (AvgIpc) is 2.78. The molecule has 0 unspecified atom stereocenters. The van der Waals surface area contributed by atoms with Crippen LogP contribution in [0.15, 0.2) is 40.0 Å². The van der Waals surface area contributed by atoms with E-state index >= 15 is 0 Å². The minimum atomic E-state index is 0.784. The van der Waals surface area contributed by atoms with Crippen molar-refractivity contribution in [2.24, 2.45) is 5.10 Å². The number of nitrogens with zero attached hydrogens (tertiary/aromatic N) is 2. The number of aryl methyl sites for hydroxylation is 1. The second kappa shape index (κ2) is 7.23. The Balaban J connectivity index is 1.79. The van der Waals surface area contributed by atoms with Crippen molar-refractivity contribution < 1.29 is 0 Å². The third kappa shape index (κ3) is 3.98. The molecule has 0 atom stereocenters. The molecule has 0 aliphatic carbocycles. The summed E-state index contributed by atoms with van der Waals surface area (Å²) < 4.78 is 0.973. The summed E-state index contributed by atoms with van der Waals surface area (Å²) in [7, 11) is 0. The van der Waals surface area contributed by atoms with E-state index in [9.17, 15) is 0 Å². The minimum Gasteiger partial charge on any atom is -0.316 e. The summed E-state index contributed by atoms with van der Waals surface area (Å²) in [5.41, 5.74) is 9.14. The molecule has 0 saturated carbocycles. The van der Waals surface area contributed by atoms with E-state index < -0.39 is 0 Å². The molecule has 1 aliphatic rings. The number of halogens is 1. The van der Waals surface area contributed by atoms with Gasteiger partial charge in [0.05, 0.1) is 5.71 Å². The fourth-order valence-corrected chi connectivity index (χ4v) is 3.20. The van der Waals surface area contributed by atoms with E-state index in [0.717, 1.165) is 53.1 Å². The fraction of sp³-hybridized carbons (Fsp3) is 0.333. The highest BCUT2D eigenvalue weighted by Gasteiger charge is 2.09. The van der Waals surface area contributed by atoms with Gasteiger partial charge in [0, 0.05) is 10.7 Å². The molecule has 1 aliphatic heterocycles. The number of pyridine rings is 1. The lowest BCUT2D eigenvalue weighted by Crippen LogP contribution is -2.16. The van der Waals surface area contributed by atoms with Gasteiger partial charge in [0.2, 0.25) is 0 Å². The maximum Gasteiger partial charge on any atom is 0.149 e. The standard InChI is InChI=1S/C18H21BrN4/c1-12-9-17(19)11-21-18(12)23-22-13(2)15-4-3-14-5-7-20-8-6-16(14)10-15/h3-4,9-11,20H,5-8H2,1-2H3,(H,21,23)/b22-13+. The smallest absolute Gasteiger partial charge is 0.149 e. The zero-order valence-corrected chi connectivity index (χ0v) is 15.1. The highest BCUT2D eigenvalue weighted by Crippen LogP contribution is 2.18. The van der Waals surface area contributed by atoms with Gasteiger partial charge < -0.3 is 5.32 Å². The number of hydrazone groups is 1. The lowest BCUT2D eigenvalue weighted by atomic mass is 9.98. The number of rotatable bonds is 3. The third-order valence-electron chi connectivity index (χ3n) is 4.14. The van der Waals surface area contributed by atoms with Crippen LogP contribution < -0.4 is 10.7 Å². The average molecular weight is 373 g/mol. The first-order chi connectivity index (χ1) is 11.1. The molecule has 0 spiro atoms. The third-order valence-corrected chi connectivity index (χ3v) is 4.57. The van der Waals surface area contributed by atoms with E-state index in [1.165, 1.54) is 11.1 Å². The Kier molecular flexibility index (Phi) is 5.08. The quantitative estimate of drug-likeness (QED) is 0.638. The molecule has 2 heterocycles. The van der Waals surface area contributed by atoms with E-state index in [-0.39, 0.29) is 0 Å². The van der Waals surface area contributed by atoms with Crippen LogP contribution >= 0.6 is 15.9 Å². The Morgan fingerprint density at radius 2 is 2.00 bits per heavy atom. The zero-order chi connectivity index (χ0) is 16.2. The molecule has 3 rings (SSSR count). The van der Waals surface area contributed by atoms with Crippen molar-refractivity contribution in [3.63, 3.8) is 0 Å². The van der Waals surface area contributed by atoms with E-state index in [1.54, 1.807) is 6.20 Å². The van der Waals surface area contributed by atoms with Gasteiger partial charge in [0.1, 0.15) is 5.82 Å². The van der Waals surface area contributed by atoms with Crippen molar-refractivity contribution in [1.82, 2.24) is 10.3 Å². The molecule has 1 aromatic heterocycles. The van der Waals surface area contributed by atoms with Crippen LogP contribution in [-0.4, -0.2) is 23.8 Å². The maximum absolute atomic E-state index is 4.50. The van der Waals surface area contributed by atoms with Gasteiger partial charge in [-0.25, -0.2) is 4.98 Å². The van der Waals surface area contributed by atoms with E-state index in [4.69, 9.17) is 0 Å². The first kappa shape index (κ1) is 16.1. The molecule has 120 valence electrons. The van der Waals surface area contributed by atoms with Gasteiger partial charge >= 0.3 is 0 Å². The molecule has 4 nitrogen and oxygen atoms in total. The summed E-state index contributed by atoms with van der Waals surface area (Å²) in [6.45, 7) is 6.15. The second-order valence-electron chi connectivity index (χ2n) is 5.86. The molecule has 23 heavy (non-hydrogen) atoms. The Morgan fingerprint density at radius 3 is 2.78 bits per heavy atom. The van der Waals surface area contributed by atoms with Crippen LogP contribution in [-0.2, 0) is 12.8 Å². The summed E-state index contributed by atoms with van der Waals surface area (Å²) in [6.07, 6.45) is 3.96. The van der Waals surface area contributed by atoms with Crippen LogP contribution in [0.5, 0.6) is 0 Å². The molecular weight excluding hydrogens is 352 g/mol. The van der Waals surface area contributed by atoms with Gasteiger partial charge in [-0.1, -0.05) is 12.1 Å². The maximum atomic E-state index is 4.50. The molecule has 2 N–H and O–H groups in total. The lowest BCUT2D eigenvalue weighted by molar-refractivity contribution is 0.711. The number of nitrogens with one attached hydrogen (secondary N) is 2. The Hall–Kier alpha value is -1.72. The number of benzene rings is 1. The van der Waals surface area contributed by atoms with E-state index in [2.05, 4.69) is 55.0 Å². The predicted molar refractivity (Wildman–Crippen MR) is 99.2 cm³/mol. The Bertz CT molecular complexity index is 740. The molecule has 0 bridgehead atoms. The van der Waals surface area contributed by atoms with Crippen molar-refractivity contribution in [2.45, 2.75) is 26.7 Å². The van der Waals surface area contributed by atoms with Crippen LogP contribution in [0.4, 0.5) is 5.82 Å². The van der Waals surface area contributed by atoms with E-state index in [0.29, 0.717) is 0 Å². The molecule has 5 heteroatoms. The Labute approximate surface area is 145 Å². The van der Waals surface area contributed by atoms with E-state index in [1.807, 2.05) is 19.9 Å². The Morgan fingerprint density at radius 1 is 1.22 bits per heavy atom. The topological polar surface area (TPSA) is 49.3 Å². The minimum absolute atomic E-state index is 0.784. The van der Waals surface area contributed by atoms with Gasteiger partial charge in [-0.2, -0.15) is 5.10 Å². The van der Waals surface area contributed by atoms with Crippen molar-refractivity contribution >= 4 is 27.5 Å². The van der Waals surface area contributed by atoms with Crippen molar-refractivity contribution in [1.29, 1.82) is 0 Å². The first-order valence-electron chi connectivity index (χ1n) is 7.89. The van der Waals surface area contributed by atoms with Gasteiger partial charge in [-0.05, 0) is 90.1 Å². The zero-order valence-electron chi connectivity index (χ0n) is 13.5. The predicted octanol–water partition coefficient (Wildman–Crippen LogP) is 3.68. The normalized spacial score (nSPS) is 15.0. The number of anilines is 1. The molecule has 0 amide bonds. The number of aromatic nitrogens is 1. The van der Waals surface area contributed by atoms with Crippen molar-refractivity contribution in [3.05, 3.63) is 57.2 Å². The van der Waals surface area contributed by atoms with Crippen LogP contribution in [0.1, 0.15) is 29.2 Å². The number of fused-ring (bicyclic) bond motifs is 1. The highest BCUT2D eigenvalue weighted by molar-refractivity contribution is 9.10. The number of hydrogen-bond acceptors (Lipinski definition) is 4.